The molecule has 4 aromatic rings. The normalized spacial score (nSPS) is 10.9. The van der Waals surface area contributed by atoms with Gasteiger partial charge >= 0.3 is 0 Å². The van der Waals surface area contributed by atoms with Crippen LogP contribution in [0.4, 0.5) is 10.1 Å². The van der Waals surface area contributed by atoms with Crippen molar-refractivity contribution in [3.63, 3.8) is 0 Å². The van der Waals surface area contributed by atoms with E-state index in [1.165, 1.54) is 34.4 Å². The molecule has 0 aliphatic carbocycles. The number of hydrogen-bond acceptors (Lipinski definition) is 5. The third-order valence-corrected chi connectivity index (χ3v) is 5.69. The number of thiophene rings is 1. The van der Waals surface area contributed by atoms with Crippen molar-refractivity contribution in [2.75, 3.05) is 12.4 Å². The van der Waals surface area contributed by atoms with Gasteiger partial charge in [0.1, 0.15) is 22.8 Å². The van der Waals surface area contributed by atoms with Crippen LogP contribution < -0.4 is 15.6 Å². The fourth-order valence-electron chi connectivity index (χ4n) is 3.10. The van der Waals surface area contributed by atoms with Crippen LogP contribution >= 0.6 is 11.3 Å². The molecule has 0 atom stereocenters. The lowest BCUT2D eigenvalue weighted by Crippen LogP contribution is -2.27. The summed E-state index contributed by atoms with van der Waals surface area (Å²) in [6, 6.07) is 11.7. The number of nitrogens with one attached hydrogen (secondary N) is 1. The van der Waals surface area contributed by atoms with Gasteiger partial charge in [-0.25, -0.2) is 9.37 Å². The summed E-state index contributed by atoms with van der Waals surface area (Å²) in [5, 5.41) is 4.52. The lowest BCUT2D eigenvalue weighted by Gasteiger charge is -2.10. The molecule has 0 saturated carbocycles. The average molecular weight is 423 g/mol. The molecule has 1 amide bonds. The predicted molar refractivity (Wildman–Crippen MR) is 116 cm³/mol. The maximum atomic E-state index is 13.4. The highest BCUT2D eigenvalue weighted by molar-refractivity contribution is 7.17. The monoisotopic (exact) mass is 423 g/mol. The summed E-state index contributed by atoms with van der Waals surface area (Å²) < 4.78 is 20.3. The summed E-state index contributed by atoms with van der Waals surface area (Å²) in [5.74, 6) is -0.132. The van der Waals surface area contributed by atoms with Gasteiger partial charge in [-0.15, -0.1) is 11.3 Å². The second-order valence-electron chi connectivity index (χ2n) is 6.74. The Labute approximate surface area is 175 Å². The first kappa shape index (κ1) is 19.8. The molecule has 1 N–H and O–H groups in total. The van der Waals surface area contributed by atoms with E-state index in [1.54, 1.807) is 20.1 Å². The van der Waals surface area contributed by atoms with Crippen LogP contribution in [-0.2, 0) is 11.3 Å². The van der Waals surface area contributed by atoms with Crippen LogP contribution in [0.1, 0.15) is 5.56 Å². The highest BCUT2D eigenvalue weighted by atomic mass is 32.1. The Bertz CT molecular complexity index is 1300. The fraction of sp³-hybridized carbons (Fsp3) is 0.136. The van der Waals surface area contributed by atoms with E-state index in [9.17, 15) is 14.0 Å². The molecule has 152 valence electrons. The first-order chi connectivity index (χ1) is 14.5. The van der Waals surface area contributed by atoms with Crippen LogP contribution in [-0.4, -0.2) is 22.6 Å². The van der Waals surface area contributed by atoms with Crippen LogP contribution in [0.5, 0.6) is 5.75 Å². The lowest BCUT2D eigenvalue weighted by atomic mass is 10.1. The quantitative estimate of drug-likeness (QED) is 0.522. The molecule has 8 heteroatoms. The number of rotatable bonds is 5. The Morgan fingerprint density at radius 3 is 2.73 bits per heavy atom. The average Bonchev–Trinajstić information content (AvgIpc) is 3.18. The van der Waals surface area contributed by atoms with Crippen LogP contribution in [0.15, 0.2) is 59.0 Å². The Hall–Kier alpha value is -3.52. The summed E-state index contributed by atoms with van der Waals surface area (Å²) in [4.78, 5) is 29.7. The summed E-state index contributed by atoms with van der Waals surface area (Å²) in [6.45, 7) is 1.55. The zero-order chi connectivity index (χ0) is 21.3. The molecule has 0 aliphatic rings. The van der Waals surface area contributed by atoms with E-state index in [-0.39, 0.29) is 12.1 Å². The van der Waals surface area contributed by atoms with Crippen LogP contribution in [0.2, 0.25) is 0 Å². The number of aryl methyl sites for hydroxylation is 1. The summed E-state index contributed by atoms with van der Waals surface area (Å²) in [7, 11) is 1.60. The molecule has 0 bridgehead atoms. The van der Waals surface area contributed by atoms with E-state index in [2.05, 4.69) is 10.3 Å². The van der Waals surface area contributed by atoms with Gasteiger partial charge in [-0.3, -0.25) is 14.2 Å². The minimum atomic E-state index is -0.444. The molecule has 2 heterocycles. The van der Waals surface area contributed by atoms with Crippen molar-refractivity contribution in [1.29, 1.82) is 0 Å². The highest BCUT2D eigenvalue weighted by Gasteiger charge is 2.15. The third-order valence-electron chi connectivity index (χ3n) is 4.73. The number of methoxy groups -OCH3 is 1. The number of anilines is 1. The maximum absolute atomic E-state index is 13.4. The van der Waals surface area contributed by atoms with Crippen LogP contribution in [0.3, 0.4) is 0 Å². The third kappa shape index (κ3) is 3.81. The van der Waals surface area contributed by atoms with Crippen molar-refractivity contribution in [2.45, 2.75) is 13.5 Å². The molecular formula is C22H18FN3O3S. The van der Waals surface area contributed by atoms with Crippen molar-refractivity contribution in [3.8, 4) is 16.9 Å². The van der Waals surface area contributed by atoms with E-state index in [0.29, 0.717) is 15.9 Å². The second kappa shape index (κ2) is 8.08. The molecular weight excluding hydrogens is 405 g/mol. The largest absolute Gasteiger partial charge is 0.497 e. The second-order valence-corrected chi connectivity index (χ2v) is 7.62. The Balaban J connectivity index is 1.60. The van der Waals surface area contributed by atoms with E-state index in [4.69, 9.17) is 4.74 Å². The van der Waals surface area contributed by atoms with Gasteiger partial charge in [0.2, 0.25) is 5.91 Å². The minimum Gasteiger partial charge on any atom is -0.497 e. The molecule has 0 fully saturated rings. The Morgan fingerprint density at radius 1 is 1.23 bits per heavy atom. The number of carbonyl (C=O) groups is 1. The van der Waals surface area contributed by atoms with E-state index in [1.807, 2.05) is 29.6 Å². The van der Waals surface area contributed by atoms with Crippen molar-refractivity contribution in [2.24, 2.45) is 0 Å². The van der Waals surface area contributed by atoms with E-state index in [0.717, 1.165) is 22.4 Å². The standard InChI is InChI=1S/C22H18FN3O3S/c1-13-3-6-15(23)9-18(13)25-19(27)10-26-12-24-20-17(11-30-21(20)22(26)28)14-4-7-16(29-2)8-5-14/h3-9,11-12H,10H2,1-2H3,(H,25,27). The number of carbonyl (C=O) groups excluding carboxylic acids is 1. The van der Waals surface area contributed by atoms with Gasteiger partial charge in [-0.2, -0.15) is 0 Å². The number of ether oxygens (including phenoxy) is 1. The van der Waals surface area contributed by atoms with Gasteiger partial charge in [-0.1, -0.05) is 18.2 Å². The topological polar surface area (TPSA) is 73.2 Å². The number of fused-ring (bicyclic) bond motifs is 1. The van der Waals surface area contributed by atoms with Gasteiger partial charge in [0, 0.05) is 16.6 Å². The molecule has 30 heavy (non-hydrogen) atoms. The van der Waals surface area contributed by atoms with Crippen molar-refractivity contribution in [3.05, 3.63) is 75.9 Å². The smallest absolute Gasteiger partial charge is 0.271 e. The fourth-order valence-corrected chi connectivity index (χ4v) is 4.08. The summed E-state index contributed by atoms with van der Waals surface area (Å²) >= 11 is 1.29. The number of aromatic nitrogens is 2. The summed E-state index contributed by atoms with van der Waals surface area (Å²) in [6.07, 6.45) is 1.36. The van der Waals surface area contributed by atoms with Gasteiger partial charge in [0.25, 0.3) is 5.56 Å². The van der Waals surface area contributed by atoms with Gasteiger partial charge < -0.3 is 10.1 Å². The molecule has 0 saturated heterocycles. The number of halogens is 1. The van der Waals surface area contributed by atoms with E-state index < -0.39 is 11.7 Å². The highest BCUT2D eigenvalue weighted by Crippen LogP contribution is 2.31. The molecule has 2 aromatic heterocycles. The lowest BCUT2D eigenvalue weighted by molar-refractivity contribution is -0.116. The maximum Gasteiger partial charge on any atom is 0.271 e. The minimum absolute atomic E-state index is 0.215. The van der Waals surface area contributed by atoms with Crippen molar-refractivity contribution in [1.82, 2.24) is 9.55 Å². The molecule has 2 aromatic carbocycles. The number of benzene rings is 2. The van der Waals surface area contributed by atoms with Crippen molar-refractivity contribution >= 4 is 33.1 Å². The van der Waals surface area contributed by atoms with Gasteiger partial charge in [0.15, 0.2) is 0 Å². The summed E-state index contributed by atoms with van der Waals surface area (Å²) in [5.41, 5.74) is 3.17. The van der Waals surface area contributed by atoms with Gasteiger partial charge in [0.05, 0.1) is 19.0 Å². The van der Waals surface area contributed by atoms with Crippen LogP contribution in [0, 0.1) is 12.7 Å². The molecule has 0 aliphatic heterocycles. The zero-order valence-corrected chi connectivity index (χ0v) is 17.1. The predicted octanol–water partition coefficient (Wildman–Crippen LogP) is 4.22. The first-order valence-corrected chi connectivity index (χ1v) is 10.0. The first-order valence-electron chi connectivity index (χ1n) is 9.13. The number of hydrogen-bond donors (Lipinski definition) is 1. The molecule has 0 spiro atoms. The zero-order valence-electron chi connectivity index (χ0n) is 16.3. The molecule has 6 nitrogen and oxygen atoms in total. The van der Waals surface area contributed by atoms with Crippen molar-refractivity contribution < 1.29 is 13.9 Å². The van der Waals surface area contributed by atoms with E-state index >= 15 is 0 Å². The molecule has 0 unspecified atom stereocenters. The number of nitrogens with zero attached hydrogens (tertiary/aromatic N) is 2. The molecule has 4 rings (SSSR count). The Kier molecular flexibility index (Phi) is 5.33. The van der Waals surface area contributed by atoms with Gasteiger partial charge in [-0.05, 0) is 42.3 Å². The SMILES string of the molecule is COc1ccc(-c2csc3c(=O)n(CC(=O)Nc4cc(F)ccc4C)cnc23)cc1. The Morgan fingerprint density at radius 2 is 2.00 bits per heavy atom. The number of amides is 1. The van der Waals surface area contributed by atoms with Crippen LogP contribution in [0.25, 0.3) is 21.3 Å². The molecule has 0 radical (unpaired) electrons.